The summed E-state index contributed by atoms with van der Waals surface area (Å²) in [6.45, 7) is 0. The molecule has 0 aliphatic heterocycles. The molecular formula is C12H11NO2. The van der Waals surface area contributed by atoms with Crippen LogP contribution in [0.1, 0.15) is 22.5 Å². The van der Waals surface area contributed by atoms with Gasteiger partial charge in [0.2, 0.25) is 0 Å². The van der Waals surface area contributed by atoms with Crippen LogP contribution in [-0.2, 0) is 6.42 Å². The lowest BCUT2D eigenvalue weighted by molar-refractivity contribution is 0.0982. The van der Waals surface area contributed by atoms with Crippen LogP contribution in [0.5, 0.6) is 0 Å². The van der Waals surface area contributed by atoms with Crippen molar-refractivity contribution in [3.8, 4) is 0 Å². The zero-order valence-electron chi connectivity index (χ0n) is 8.22. The first kappa shape index (κ1) is 9.65. The number of carbonyl (C=O) groups is 1. The van der Waals surface area contributed by atoms with E-state index in [1.165, 1.54) is 12.5 Å². The lowest BCUT2D eigenvalue weighted by Crippen LogP contribution is -2.00. The third-order valence-electron chi connectivity index (χ3n) is 2.18. The molecule has 2 aromatic heterocycles. The van der Waals surface area contributed by atoms with Gasteiger partial charge >= 0.3 is 0 Å². The van der Waals surface area contributed by atoms with Gasteiger partial charge in [0.15, 0.2) is 5.78 Å². The van der Waals surface area contributed by atoms with E-state index in [9.17, 15) is 4.79 Å². The van der Waals surface area contributed by atoms with E-state index in [2.05, 4.69) is 4.98 Å². The smallest absolute Gasteiger partial charge is 0.166 e. The Morgan fingerprint density at radius 2 is 2.27 bits per heavy atom. The van der Waals surface area contributed by atoms with Crippen molar-refractivity contribution >= 4 is 5.78 Å². The van der Waals surface area contributed by atoms with Gasteiger partial charge < -0.3 is 4.42 Å². The minimum Gasteiger partial charge on any atom is -0.472 e. The van der Waals surface area contributed by atoms with E-state index in [0.717, 1.165) is 5.69 Å². The Morgan fingerprint density at radius 1 is 1.33 bits per heavy atom. The molecule has 0 aromatic carbocycles. The molecule has 0 fully saturated rings. The van der Waals surface area contributed by atoms with Gasteiger partial charge in [0.1, 0.15) is 6.26 Å². The lowest BCUT2D eigenvalue weighted by Gasteiger charge is -1.97. The van der Waals surface area contributed by atoms with Crippen LogP contribution in [0, 0.1) is 0 Å². The number of pyridine rings is 1. The summed E-state index contributed by atoms with van der Waals surface area (Å²) in [7, 11) is 0. The predicted octanol–water partition coefficient (Wildman–Crippen LogP) is 2.49. The number of hydrogen-bond acceptors (Lipinski definition) is 3. The van der Waals surface area contributed by atoms with Gasteiger partial charge in [-0.15, -0.1) is 0 Å². The van der Waals surface area contributed by atoms with Crippen molar-refractivity contribution < 1.29 is 9.21 Å². The zero-order chi connectivity index (χ0) is 10.5. The average molecular weight is 201 g/mol. The Labute approximate surface area is 87.8 Å². The molecule has 2 heterocycles. The summed E-state index contributed by atoms with van der Waals surface area (Å²) >= 11 is 0. The summed E-state index contributed by atoms with van der Waals surface area (Å²) < 4.78 is 4.85. The number of furan rings is 1. The Morgan fingerprint density at radius 3 is 2.93 bits per heavy atom. The van der Waals surface area contributed by atoms with Gasteiger partial charge in [-0.1, -0.05) is 6.07 Å². The standard InChI is InChI=1S/C12H11NO2/c14-12(10-6-8-15-9-10)5-4-11-3-1-2-7-13-11/h1-3,6-9H,4-5H2. The maximum Gasteiger partial charge on any atom is 0.166 e. The van der Waals surface area contributed by atoms with Crippen LogP contribution < -0.4 is 0 Å². The first-order valence-electron chi connectivity index (χ1n) is 4.81. The Hall–Kier alpha value is -1.90. The molecule has 76 valence electrons. The maximum atomic E-state index is 11.6. The summed E-state index contributed by atoms with van der Waals surface area (Å²) in [5.74, 6) is 0.0920. The minimum absolute atomic E-state index is 0.0920. The molecule has 2 rings (SSSR count). The first-order valence-corrected chi connectivity index (χ1v) is 4.81. The molecule has 0 N–H and O–H groups in total. The molecule has 0 saturated heterocycles. The van der Waals surface area contributed by atoms with Crippen molar-refractivity contribution in [1.29, 1.82) is 0 Å². The predicted molar refractivity (Wildman–Crippen MR) is 55.6 cm³/mol. The number of aromatic nitrogens is 1. The highest BCUT2D eigenvalue weighted by Gasteiger charge is 2.07. The SMILES string of the molecule is O=C(CCc1ccccn1)c1ccoc1. The van der Waals surface area contributed by atoms with Gasteiger partial charge in [-0.05, 0) is 24.6 Å². The highest BCUT2D eigenvalue weighted by Crippen LogP contribution is 2.07. The molecule has 15 heavy (non-hydrogen) atoms. The van der Waals surface area contributed by atoms with Gasteiger partial charge in [-0.3, -0.25) is 9.78 Å². The van der Waals surface area contributed by atoms with Crippen molar-refractivity contribution in [2.45, 2.75) is 12.8 Å². The van der Waals surface area contributed by atoms with Crippen LogP contribution in [0.3, 0.4) is 0 Å². The maximum absolute atomic E-state index is 11.6. The van der Waals surface area contributed by atoms with Gasteiger partial charge in [0.05, 0.1) is 11.8 Å². The third kappa shape index (κ3) is 2.53. The third-order valence-corrected chi connectivity index (χ3v) is 2.18. The molecular weight excluding hydrogens is 190 g/mol. The molecule has 0 radical (unpaired) electrons. The summed E-state index contributed by atoms with van der Waals surface area (Å²) in [6, 6.07) is 7.38. The highest BCUT2D eigenvalue weighted by atomic mass is 16.3. The molecule has 0 spiro atoms. The molecule has 0 saturated carbocycles. The monoisotopic (exact) mass is 201 g/mol. The summed E-state index contributed by atoms with van der Waals surface area (Å²) in [6.07, 6.45) is 5.85. The van der Waals surface area contributed by atoms with Crippen LogP contribution in [-0.4, -0.2) is 10.8 Å². The Bertz CT molecular complexity index is 420. The number of carbonyl (C=O) groups excluding carboxylic acids is 1. The van der Waals surface area contributed by atoms with Gasteiger partial charge in [0.25, 0.3) is 0 Å². The van der Waals surface area contributed by atoms with E-state index in [0.29, 0.717) is 18.4 Å². The van der Waals surface area contributed by atoms with Crippen LogP contribution in [0.4, 0.5) is 0 Å². The summed E-state index contributed by atoms with van der Waals surface area (Å²) in [5, 5.41) is 0. The molecule has 2 aromatic rings. The van der Waals surface area contributed by atoms with E-state index in [4.69, 9.17) is 4.42 Å². The zero-order valence-corrected chi connectivity index (χ0v) is 8.22. The number of ketones is 1. The molecule has 0 unspecified atom stereocenters. The van der Waals surface area contributed by atoms with Crippen molar-refractivity contribution in [2.24, 2.45) is 0 Å². The second-order valence-corrected chi connectivity index (χ2v) is 3.26. The largest absolute Gasteiger partial charge is 0.472 e. The minimum atomic E-state index is 0.0920. The van der Waals surface area contributed by atoms with E-state index in [-0.39, 0.29) is 5.78 Å². The van der Waals surface area contributed by atoms with Gasteiger partial charge in [-0.25, -0.2) is 0 Å². The lowest BCUT2D eigenvalue weighted by atomic mass is 10.1. The average Bonchev–Trinajstić information content (AvgIpc) is 2.81. The molecule has 0 amide bonds. The molecule has 0 aliphatic rings. The van der Waals surface area contributed by atoms with Crippen LogP contribution in [0.25, 0.3) is 0 Å². The van der Waals surface area contributed by atoms with Crippen molar-refractivity contribution in [3.63, 3.8) is 0 Å². The van der Waals surface area contributed by atoms with Gasteiger partial charge in [0, 0.05) is 18.3 Å². The van der Waals surface area contributed by atoms with E-state index in [1.807, 2.05) is 18.2 Å². The number of aryl methyl sites for hydroxylation is 1. The fourth-order valence-electron chi connectivity index (χ4n) is 1.36. The van der Waals surface area contributed by atoms with Crippen LogP contribution >= 0.6 is 0 Å². The van der Waals surface area contributed by atoms with Crippen LogP contribution in [0.15, 0.2) is 47.4 Å². The topological polar surface area (TPSA) is 43.1 Å². The fraction of sp³-hybridized carbons (Fsp3) is 0.167. The summed E-state index contributed by atoms with van der Waals surface area (Å²) in [4.78, 5) is 15.7. The molecule has 0 aliphatic carbocycles. The molecule has 3 heteroatoms. The normalized spacial score (nSPS) is 10.1. The Balaban J connectivity index is 1.92. The fourth-order valence-corrected chi connectivity index (χ4v) is 1.36. The molecule has 0 atom stereocenters. The van der Waals surface area contributed by atoms with Crippen molar-refractivity contribution in [3.05, 3.63) is 54.2 Å². The second kappa shape index (κ2) is 4.55. The Kier molecular flexibility index (Phi) is 2.93. The van der Waals surface area contributed by atoms with E-state index >= 15 is 0 Å². The second-order valence-electron chi connectivity index (χ2n) is 3.26. The highest BCUT2D eigenvalue weighted by molar-refractivity contribution is 5.95. The molecule has 0 bridgehead atoms. The van der Waals surface area contributed by atoms with Gasteiger partial charge in [-0.2, -0.15) is 0 Å². The number of hydrogen-bond donors (Lipinski definition) is 0. The number of rotatable bonds is 4. The van der Waals surface area contributed by atoms with E-state index in [1.54, 1.807) is 12.3 Å². The number of Topliss-reactive ketones (excluding diaryl/α,β-unsaturated/α-hetero) is 1. The van der Waals surface area contributed by atoms with Crippen LogP contribution in [0.2, 0.25) is 0 Å². The van der Waals surface area contributed by atoms with Crippen molar-refractivity contribution in [1.82, 2.24) is 4.98 Å². The summed E-state index contributed by atoms with van der Waals surface area (Å²) in [5.41, 5.74) is 1.57. The number of nitrogens with zero attached hydrogens (tertiary/aromatic N) is 1. The first-order chi connectivity index (χ1) is 7.36. The van der Waals surface area contributed by atoms with Crippen molar-refractivity contribution in [2.75, 3.05) is 0 Å². The van der Waals surface area contributed by atoms with E-state index < -0.39 is 0 Å². The quantitative estimate of drug-likeness (QED) is 0.714. The molecule has 3 nitrogen and oxygen atoms in total.